The van der Waals surface area contributed by atoms with Gasteiger partial charge in [0.15, 0.2) is 0 Å². The highest BCUT2D eigenvalue weighted by Gasteiger charge is 1.97. The quantitative estimate of drug-likeness (QED) is 0.107. The van der Waals surface area contributed by atoms with Gasteiger partial charge >= 0.3 is 17.9 Å². The van der Waals surface area contributed by atoms with Crippen LogP contribution in [-0.4, -0.2) is 44.3 Å². The molecule has 0 unspecified atom stereocenters. The van der Waals surface area contributed by atoms with Crippen LogP contribution in [-0.2, 0) is 19.2 Å². The number of hydrogen-bond acceptors (Lipinski definition) is 4. The number of unbranched alkanes of at least 4 members (excludes halogenated alkanes) is 15. The maximum atomic E-state index is 10.1. The Morgan fingerprint density at radius 1 is 0.378 bits per heavy atom. The minimum absolute atomic E-state index is 0.339. The summed E-state index contributed by atoms with van der Waals surface area (Å²) in [7, 11) is 0. The predicted molar refractivity (Wildman–Crippen MR) is 150 cm³/mol. The molecule has 0 aliphatic carbocycles. The van der Waals surface area contributed by atoms with Crippen molar-refractivity contribution in [2.45, 2.75) is 163 Å². The van der Waals surface area contributed by atoms with E-state index in [9.17, 15) is 14.4 Å². The molecular weight excluding hydrogens is 476 g/mol. The van der Waals surface area contributed by atoms with Crippen LogP contribution in [0.2, 0.25) is 0 Å². The molecule has 0 atom stereocenters. The summed E-state index contributed by atoms with van der Waals surface area (Å²) in [5, 5.41) is 32.4. The molecule has 0 spiro atoms. The van der Waals surface area contributed by atoms with Crippen molar-refractivity contribution in [2.75, 3.05) is 0 Å². The third kappa shape index (κ3) is 71.9. The van der Waals surface area contributed by atoms with Gasteiger partial charge in [-0.15, -0.1) is 0 Å². The van der Waals surface area contributed by atoms with E-state index in [-0.39, 0.29) is 0 Å². The minimum Gasteiger partial charge on any atom is -0.481 e. The summed E-state index contributed by atoms with van der Waals surface area (Å²) >= 11 is 0. The lowest BCUT2D eigenvalue weighted by Gasteiger charge is -1.97. The van der Waals surface area contributed by atoms with E-state index in [0.717, 1.165) is 45.4 Å². The fourth-order valence-corrected chi connectivity index (χ4v) is 3.17. The van der Waals surface area contributed by atoms with Gasteiger partial charge in [-0.05, 0) is 19.3 Å². The lowest BCUT2D eigenvalue weighted by atomic mass is 10.1. The Kier molecular flexibility index (Phi) is 43.6. The molecule has 0 aromatic carbocycles. The van der Waals surface area contributed by atoms with Crippen molar-refractivity contribution in [3.63, 3.8) is 0 Å². The van der Waals surface area contributed by atoms with Crippen LogP contribution in [0.3, 0.4) is 0 Å². The van der Waals surface area contributed by atoms with Gasteiger partial charge in [0.05, 0.1) is 0 Å². The first-order valence-corrected chi connectivity index (χ1v) is 14.4. The summed E-state index contributed by atoms with van der Waals surface area (Å²) in [5.74, 6) is -2.83. The van der Waals surface area contributed by atoms with Gasteiger partial charge in [-0.3, -0.25) is 19.2 Å². The Bertz CT molecular complexity index is 440. The maximum absolute atomic E-state index is 10.1. The Morgan fingerprint density at radius 3 is 0.703 bits per heavy atom. The summed E-state index contributed by atoms with van der Waals surface area (Å²) in [6, 6.07) is 0. The van der Waals surface area contributed by atoms with Crippen LogP contribution in [0.4, 0.5) is 0 Å². The van der Waals surface area contributed by atoms with E-state index in [0.29, 0.717) is 19.3 Å². The first kappa shape index (κ1) is 42.0. The molecule has 0 aliphatic heterocycles. The van der Waals surface area contributed by atoms with E-state index in [1.54, 1.807) is 0 Å². The zero-order valence-electron chi connectivity index (χ0n) is 24.3. The van der Waals surface area contributed by atoms with Crippen LogP contribution in [0, 0.1) is 0 Å². The largest absolute Gasteiger partial charge is 0.481 e. The molecule has 8 nitrogen and oxygen atoms in total. The first-order chi connectivity index (χ1) is 17.5. The van der Waals surface area contributed by atoms with Crippen LogP contribution in [0.1, 0.15) is 163 Å². The zero-order valence-corrected chi connectivity index (χ0v) is 24.3. The molecule has 0 heterocycles. The standard InChI is InChI=1S/3C9H18O2.C2H4O2/c3*1-2-3-4-5-6-7-8-9(10)11;1-2(3)4/h3*2-8H2,1H3,(H,10,11);1H3,(H,3,4). The van der Waals surface area contributed by atoms with Gasteiger partial charge in [0.25, 0.3) is 5.97 Å². The summed E-state index contributed by atoms with van der Waals surface area (Å²) in [5.41, 5.74) is 0. The highest BCUT2D eigenvalue weighted by atomic mass is 16.4. The summed E-state index contributed by atoms with van der Waals surface area (Å²) < 4.78 is 0. The maximum Gasteiger partial charge on any atom is 0.303 e. The van der Waals surface area contributed by atoms with Crippen LogP contribution in [0.15, 0.2) is 0 Å². The minimum atomic E-state index is -0.833. The van der Waals surface area contributed by atoms with E-state index < -0.39 is 23.9 Å². The van der Waals surface area contributed by atoms with Gasteiger partial charge in [0, 0.05) is 26.2 Å². The molecule has 37 heavy (non-hydrogen) atoms. The van der Waals surface area contributed by atoms with Crippen molar-refractivity contribution >= 4 is 23.9 Å². The highest BCUT2D eigenvalue weighted by molar-refractivity contribution is 5.67. The van der Waals surface area contributed by atoms with Crippen molar-refractivity contribution in [3.8, 4) is 0 Å². The molecule has 0 fully saturated rings. The molecule has 0 aromatic heterocycles. The Balaban J connectivity index is -0.000000205. The van der Waals surface area contributed by atoms with Crippen LogP contribution in [0.5, 0.6) is 0 Å². The van der Waals surface area contributed by atoms with Gasteiger partial charge in [-0.25, -0.2) is 0 Å². The number of hydrogen-bond donors (Lipinski definition) is 4. The molecule has 0 radical (unpaired) electrons. The van der Waals surface area contributed by atoms with Crippen molar-refractivity contribution in [2.24, 2.45) is 0 Å². The van der Waals surface area contributed by atoms with Crippen LogP contribution >= 0.6 is 0 Å². The number of carboxylic acid groups (broad SMARTS) is 4. The lowest BCUT2D eigenvalue weighted by Crippen LogP contribution is -1.93. The van der Waals surface area contributed by atoms with E-state index in [1.807, 2.05) is 0 Å². The smallest absolute Gasteiger partial charge is 0.303 e. The van der Waals surface area contributed by atoms with Gasteiger partial charge in [-0.2, -0.15) is 0 Å². The number of carboxylic acids is 4. The fraction of sp³-hybridized carbons (Fsp3) is 0.862. The molecule has 0 saturated heterocycles. The third-order valence-electron chi connectivity index (χ3n) is 5.23. The molecule has 0 aromatic rings. The van der Waals surface area contributed by atoms with E-state index in [1.165, 1.54) is 77.0 Å². The Labute approximate surface area is 226 Å². The Morgan fingerprint density at radius 2 is 0.541 bits per heavy atom. The first-order valence-electron chi connectivity index (χ1n) is 14.4. The number of carbonyl (C=O) groups is 4. The van der Waals surface area contributed by atoms with Crippen molar-refractivity contribution in [1.82, 2.24) is 0 Å². The molecule has 8 heteroatoms. The average Bonchev–Trinajstić information content (AvgIpc) is 2.81. The monoisotopic (exact) mass is 534 g/mol. The van der Waals surface area contributed by atoms with E-state index >= 15 is 0 Å². The molecule has 0 amide bonds. The van der Waals surface area contributed by atoms with Gasteiger partial charge < -0.3 is 20.4 Å². The third-order valence-corrected chi connectivity index (χ3v) is 5.23. The second-order valence-electron chi connectivity index (χ2n) is 9.25. The summed E-state index contributed by atoms with van der Waals surface area (Å²) in [6.45, 7) is 7.62. The van der Waals surface area contributed by atoms with Crippen LogP contribution in [0.25, 0.3) is 0 Å². The molecule has 0 rings (SSSR count). The van der Waals surface area contributed by atoms with E-state index in [2.05, 4.69) is 20.8 Å². The number of rotatable bonds is 21. The van der Waals surface area contributed by atoms with Crippen LogP contribution < -0.4 is 0 Å². The topological polar surface area (TPSA) is 149 Å². The SMILES string of the molecule is CC(=O)O.CCCCCCCCC(=O)O.CCCCCCCCC(=O)O.CCCCCCCCC(=O)O. The van der Waals surface area contributed by atoms with Gasteiger partial charge in [0.2, 0.25) is 0 Å². The number of aliphatic carboxylic acids is 4. The van der Waals surface area contributed by atoms with Crippen molar-refractivity contribution in [1.29, 1.82) is 0 Å². The Hall–Kier alpha value is -2.12. The van der Waals surface area contributed by atoms with Gasteiger partial charge in [0.1, 0.15) is 0 Å². The average molecular weight is 535 g/mol. The second-order valence-corrected chi connectivity index (χ2v) is 9.25. The van der Waals surface area contributed by atoms with Crippen molar-refractivity contribution in [3.05, 3.63) is 0 Å². The normalized spacial score (nSPS) is 9.51. The molecule has 222 valence electrons. The molecule has 0 saturated carbocycles. The highest BCUT2D eigenvalue weighted by Crippen LogP contribution is 2.08. The molecule has 0 aliphatic rings. The van der Waals surface area contributed by atoms with Gasteiger partial charge in [-0.1, -0.05) is 117 Å². The van der Waals surface area contributed by atoms with Crippen molar-refractivity contribution < 1.29 is 39.6 Å². The zero-order chi connectivity index (χ0) is 29.2. The molecule has 4 N–H and O–H groups in total. The summed E-state index contributed by atoms with van der Waals surface area (Å²) in [4.78, 5) is 39.3. The fourth-order valence-electron chi connectivity index (χ4n) is 3.17. The predicted octanol–water partition coefficient (Wildman–Crippen LogP) is 8.56. The molecular formula is C29H58O8. The second kappa shape index (κ2) is 38.4. The van der Waals surface area contributed by atoms with E-state index in [4.69, 9.17) is 25.2 Å². The molecule has 0 bridgehead atoms. The summed E-state index contributed by atoms with van der Waals surface area (Å²) in [6.07, 6.45) is 21.8. The lowest BCUT2D eigenvalue weighted by molar-refractivity contribution is -0.138.